The number of hydrogen-bond donors (Lipinski definition) is 5. The molecule has 9 nitrogen and oxygen atoms in total. The molecule has 0 saturated carbocycles. The third-order valence-corrected chi connectivity index (χ3v) is 6.78. The Labute approximate surface area is 175 Å². The van der Waals surface area contributed by atoms with E-state index in [2.05, 4.69) is 26.3 Å². The number of ether oxygens (including phenoxy) is 1. The van der Waals surface area contributed by atoms with Crippen molar-refractivity contribution in [1.82, 2.24) is 15.2 Å². The predicted octanol–water partition coefficient (Wildman–Crippen LogP) is 1.48. The van der Waals surface area contributed by atoms with Gasteiger partial charge in [-0.05, 0) is 35.6 Å². The number of H-pyrrole nitrogens is 1. The summed E-state index contributed by atoms with van der Waals surface area (Å²) < 4.78 is 19.2. The van der Waals surface area contributed by atoms with Crippen molar-refractivity contribution in [1.29, 1.82) is 0 Å². The number of para-hydroxylation sites is 1. The van der Waals surface area contributed by atoms with E-state index in [1.165, 1.54) is 0 Å². The maximum atomic E-state index is 10.7. The molecule has 1 aliphatic heterocycles. The van der Waals surface area contributed by atoms with Gasteiger partial charge in [0.05, 0.1) is 36.7 Å². The number of fused-ring (bicyclic) bond motifs is 1. The maximum absolute atomic E-state index is 10.7. The van der Waals surface area contributed by atoms with Crippen LogP contribution in [0.25, 0.3) is 10.2 Å². The number of thiazole rings is 1. The van der Waals surface area contributed by atoms with Crippen LogP contribution in [0.2, 0.25) is 0 Å². The highest BCUT2D eigenvalue weighted by Gasteiger charge is 2.32. The Hall–Kier alpha value is -2.41. The fraction of sp³-hybridized carbons (Fsp3) is 0.222. The molecule has 0 aliphatic carbocycles. The van der Waals surface area contributed by atoms with Crippen LogP contribution in [0.15, 0.2) is 58.4 Å². The van der Waals surface area contributed by atoms with E-state index in [1.807, 2.05) is 52.8 Å². The molecule has 29 heavy (non-hydrogen) atoms. The molecular formula is C18H23N7O2S2+2. The molecule has 1 aromatic heterocycles. The predicted molar refractivity (Wildman–Crippen MR) is 117 cm³/mol. The lowest BCUT2D eigenvalue weighted by molar-refractivity contribution is -0.322. The Kier molecular flexibility index (Phi) is 6.44. The second-order valence-corrected chi connectivity index (χ2v) is 8.78. The van der Waals surface area contributed by atoms with Gasteiger partial charge in [-0.25, -0.2) is 15.8 Å². The van der Waals surface area contributed by atoms with E-state index in [4.69, 9.17) is 10.6 Å². The summed E-state index contributed by atoms with van der Waals surface area (Å²) in [4.78, 5) is 8.56. The number of guanidine groups is 1. The molecule has 4 rings (SSSR count). The number of aliphatic imine (C=N–C) groups is 1. The zero-order chi connectivity index (χ0) is 20.1. The summed E-state index contributed by atoms with van der Waals surface area (Å²) in [6, 6.07) is 15.5. The van der Waals surface area contributed by atoms with E-state index < -0.39 is 11.4 Å². The molecule has 7 N–H and O–H groups in total. The topological polar surface area (TPSA) is 121 Å². The Morgan fingerprint density at radius 3 is 2.83 bits per heavy atom. The van der Waals surface area contributed by atoms with E-state index in [1.54, 1.807) is 11.3 Å². The van der Waals surface area contributed by atoms with Gasteiger partial charge in [-0.3, -0.25) is 5.43 Å². The zero-order valence-corrected chi connectivity index (χ0v) is 17.2. The van der Waals surface area contributed by atoms with Crippen LogP contribution < -0.4 is 27.1 Å². The average molecular weight is 434 g/mol. The minimum atomic E-state index is -0.996. The Morgan fingerprint density at radius 1 is 1.21 bits per heavy atom. The maximum Gasteiger partial charge on any atom is 0.356 e. The van der Waals surface area contributed by atoms with Gasteiger partial charge in [0.2, 0.25) is 10.9 Å². The average Bonchev–Trinajstić information content (AvgIpc) is 3.20. The summed E-state index contributed by atoms with van der Waals surface area (Å²) >= 11 is 0.581. The van der Waals surface area contributed by atoms with Crippen molar-refractivity contribution >= 4 is 49.7 Å². The van der Waals surface area contributed by atoms with Crippen LogP contribution in [0.3, 0.4) is 0 Å². The molecule has 2 aromatic carbocycles. The van der Waals surface area contributed by atoms with Crippen LogP contribution in [0, 0.1) is 0 Å². The molecule has 0 spiro atoms. The minimum Gasteiger partial charge on any atom is -0.378 e. The number of nitrogens with zero attached hydrogens (tertiary/aromatic N) is 2. The summed E-state index contributed by atoms with van der Waals surface area (Å²) in [5.74, 6) is 5.96. The Balaban J connectivity index is 1.44. The van der Waals surface area contributed by atoms with Crippen molar-refractivity contribution in [3.05, 3.63) is 48.5 Å². The highest BCUT2D eigenvalue weighted by Crippen LogP contribution is 2.23. The quantitative estimate of drug-likeness (QED) is 0.136. The molecular weight excluding hydrogens is 410 g/mol. The fourth-order valence-corrected chi connectivity index (χ4v) is 4.93. The summed E-state index contributed by atoms with van der Waals surface area (Å²) in [5, 5.41) is 0.826. The van der Waals surface area contributed by atoms with Crippen molar-refractivity contribution in [3.8, 4) is 0 Å². The SMILES string of the molecule is NNC(=Nc1cccc([S+](O)N2CCOCC2)c1)NNc1[nH+]c2ccccc2s1. The Morgan fingerprint density at radius 2 is 2.03 bits per heavy atom. The molecule has 0 radical (unpaired) electrons. The lowest BCUT2D eigenvalue weighted by Gasteiger charge is -2.21. The van der Waals surface area contributed by atoms with Crippen molar-refractivity contribution in [2.24, 2.45) is 10.8 Å². The van der Waals surface area contributed by atoms with Crippen molar-refractivity contribution in [2.75, 3.05) is 31.7 Å². The van der Waals surface area contributed by atoms with Gasteiger partial charge in [-0.1, -0.05) is 22.5 Å². The Bertz CT molecular complexity index is 958. The van der Waals surface area contributed by atoms with Crippen LogP contribution in [-0.4, -0.2) is 41.1 Å². The van der Waals surface area contributed by atoms with Crippen molar-refractivity contribution in [3.63, 3.8) is 0 Å². The van der Waals surface area contributed by atoms with E-state index in [-0.39, 0.29) is 0 Å². The first-order valence-corrected chi connectivity index (χ1v) is 11.0. The van der Waals surface area contributed by atoms with Crippen molar-refractivity contribution in [2.45, 2.75) is 4.90 Å². The van der Waals surface area contributed by atoms with Crippen LogP contribution in [0.5, 0.6) is 0 Å². The van der Waals surface area contributed by atoms with Gasteiger partial charge < -0.3 is 4.74 Å². The van der Waals surface area contributed by atoms with Gasteiger partial charge in [0.25, 0.3) is 11.4 Å². The largest absolute Gasteiger partial charge is 0.378 e. The zero-order valence-electron chi connectivity index (χ0n) is 15.6. The monoisotopic (exact) mass is 433 g/mol. The molecule has 1 atom stereocenters. The molecule has 2 heterocycles. The number of aromatic nitrogens is 1. The fourth-order valence-electron chi connectivity index (χ4n) is 2.85. The second-order valence-electron chi connectivity index (χ2n) is 6.21. The first-order chi connectivity index (χ1) is 14.2. The summed E-state index contributed by atoms with van der Waals surface area (Å²) in [6.07, 6.45) is 0. The smallest absolute Gasteiger partial charge is 0.356 e. The molecule has 0 amide bonds. The molecule has 3 aromatic rings. The summed E-state index contributed by atoms with van der Waals surface area (Å²) in [5.41, 5.74) is 10.3. The first kappa shape index (κ1) is 19.9. The minimum absolute atomic E-state index is 0.345. The molecule has 1 aliphatic rings. The van der Waals surface area contributed by atoms with Gasteiger partial charge in [-0.2, -0.15) is 15.4 Å². The number of hydrogen-bond acceptors (Lipinski definition) is 7. The van der Waals surface area contributed by atoms with E-state index in [0.29, 0.717) is 38.0 Å². The highest BCUT2D eigenvalue weighted by molar-refractivity contribution is 7.89. The molecule has 0 bridgehead atoms. The molecule has 11 heteroatoms. The highest BCUT2D eigenvalue weighted by atomic mass is 32.2. The normalized spacial score (nSPS) is 16.6. The number of nitrogens with one attached hydrogen (secondary N) is 4. The van der Waals surface area contributed by atoms with E-state index in [9.17, 15) is 4.55 Å². The third-order valence-electron chi connectivity index (χ3n) is 4.26. The van der Waals surface area contributed by atoms with Crippen LogP contribution >= 0.6 is 11.3 Å². The number of rotatable bonds is 5. The number of morpholine rings is 1. The van der Waals surface area contributed by atoms with Gasteiger partial charge in [-0.15, -0.1) is 0 Å². The van der Waals surface area contributed by atoms with Crippen LogP contribution in [0.1, 0.15) is 0 Å². The standard InChI is InChI=1S/C18H22N7O2S2/c19-22-17(23-24-18-21-15-6-1-2-7-16(15)28-18)20-13-4-3-5-14(12-13)29(26)25-8-10-27-11-9-25/h1-7,12,26H,8-11,19H2,(H,21,24)(H2,20,22,23)/q+1/p+1. The molecule has 152 valence electrons. The molecule has 1 saturated heterocycles. The van der Waals surface area contributed by atoms with Gasteiger partial charge in [0, 0.05) is 6.07 Å². The second kappa shape index (κ2) is 9.39. The van der Waals surface area contributed by atoms with Gasteiger partial charge in [0.15, 0.2) is 0 Å². The molecule has 1 fully saturated rings. The first-order valence-electron chi connectivity index (χ1n) is 9.07. The number of benzene rings is 2. The lowest BCUT2D eigenvalue weighted by Crippen LogP contribution is -2.44. The third kappa shape index (κ3) is 4.96. The van der Waals surface area contributed by atoms with Gasteiger partial charge >= 0.3 is 5.13 Å². The summed E-state index contributed by atoms with van der Waals surface area (Å²) in [6.45, 7) is 2.68. The number of nitrogens with two attached hydrogens (primary N) is 1. The number of hydrazine groups is 2. The number of anilines is 1. The molecule has 1 unspecified atom stereocenters. The lowest BCUT2D eigenvalue weighted by atomic mass is 10.3. The summed E-state index contributed by atoms with van der Waals surface area (Å²) in [7, 11) is 0. The van der Waals surface area contributed by atoms with E-state index >= 15 is 0 Å². The number of aromatic amines is 1. The van der Waals surface area contributed by atoms with Crippen LogP contribution in [0.4, 0.5) is 10.8 Å². The van der Waals surface area contributed by atoms with E-state index in [0.717, 1.165) is 20.2 Å². The van der Waals surface area contributed by atoms with Crippen LogP contribution in [-0.2, 0) is 16.1 Å². The van der Waals surface area contributed by atoms with Gasteiger partial charge in [0.1, 0.15) is 5.52 Å². The van der Waals surface area contributed by atoms with Crippen molar-refractivity contribution < 1.29 is 14.3 Å².